The minimum Gasteiger partial charge on any atom is -0.314 e. The van der Waals surface area contributed by atoms with Crippen molar-refractivity contribution in [2.24, 2.45) is 0 Å². The van der Waals surface area contributed by atoms with Crippen molar-refractivity contribution in [3.8, 4) is 6.07 Å². The van der Waals surface area contributed by atoms with E-state index in [-0.39, 0.29) is 24.8 Å². The lowest BCUT2D eigenvalue weighted by atomic mass is 9.99. The molecular weight excluding hydrogens is 293 g/mol. The molecule has 0 radical (unpaired) electrons. The highest BCUT2D eigenvalue weighted by atomic mass is 35.5. The van der Waals surface area contributed by atoms with Crippen molar-refractivity contribution in [2.75, 3.05) is 26.2 Å². The third-order valence-electron chi connectivity index (χ3n) is 3.38. The average molecular weight is 314 g/mol. The number of nitrogens with one attached hydrogen (secondary N) is 1. The van der Waals surface area contributed by atoms with Crippen LogP contribution in [0.15, 0.2) is 36.9 Å². The number of nitrogens with zero attached hydrogens (tertiary/aromatic N) is 2. The molecule has 0 aromatic heterocycles. The van der Waals surface area contributed by atoms with Crippen molar-refractivity contribution in [3.05, 3.63) is 48.0 Å². The van der Waals surface area contributed by atoms with Gasteiger partial charge in [0.15, 0.2) is 0 Å². The molecule has 1 atom stereocenters. The Hall–Kier alpha value is -1.05. The Kier molecular flexibility index (Phi) is 9.28. The Morgan fingerprint density at radius 1 is 1.35 bits per heavy atom. The first kappa shape index (κ1) is 18.9. The van der Waals surface area contributed by atoms with Gasteiger partial charge in [-0.15, -0.1) is 31.4 Å². The van der Waals surface area contributed by atoms with E-state index < -0.39 is 0 Å². The highest BCUT2D eigenvalue weighted by Gasteiger charge is 2.20. The Morgan fingerprint density at radius 3 is 2.65 bits per heavy atom. The lowest BCUT2D eigenvalue weighted by molar-refractivity contribution is 0.174. The maximum absolute atomic E-state index is 8.99. The van der Waals surface area contributed by atoms with E-state index in [1.165, 1.54) is 5.56 Å². The van der Waals surface area contributed by atoms with Crippen molar-refractivity contribution in [1.82, 2.24) is 10.2 Å². The molecule has 2 rings (SSSR count). The van der Waals surface area contributed by atoms with Crippen molar-refractivity contribution in [2.45, 2.75) is 12.5 Å². The van der Waals surface area contributed by atoms with E-state index in [0.29, 0.717) is 6.04 Å². The Balaban J connectivity index is 0.00000180. The number of nitriles is 1. The summed E-state index contributed by atoms with van der Waals surface area (Å²) in [7, 11) is 0. The van der Waals surface area contributed by atoms with Crippen LogP contribution in [0.2, 0.25) is 0 Å². The van der Waals surface area contributed by atoms with E-state index in [1.54, 1.807) is 0 Å². The third-order valence-corrected chi connectivity index (χ3v) is 3.38. The summed E-state index contributed by atoms with van der Waals surface area (Å²) in [6, 6.07) is 10.5. The molecule has 0 aliphatic carbocycles. The fourth-order valence-corrected chi connectivity index (χ4v) is 2.46. The van der Waals surface area contributed by atoms with E-state index in [0.717, 1.165) is 38.2 Å². The van der Waals surface area contributed by atoms with Crippen LogP contribution in [0.3, 0.4) is 0 Å². The predicted octanol–water partition coefficient (Wildman–Crippen LogP) is 2.92. The number of benzene rings is 1. The van der Waals surface area contributed by atoms with Gasteiger partial charge in [-0.1, -0.05) is 18.2 Å². The molecule has 3 nitrogen and oxygen atoms in total. The summed E-state index contributed by atoms with van der Waals surface area (Å²) in [5.41, 5.74) is 1.95. The predicted molar refractivity (Wildman–Crippen MR) is 87.7 cm³/mol. The molecule has 0 amide bonds. The summed E-state index contributed by atoms with van der Waals surface area (Å²) in [5.74, 6) is 0. The van der Waals surface area contributed by atoms with Gasteiger partial charge in [-0.25, -0.2) is 0 Å². The normalized spacial score (nSPS) is 16.1. The molecule has 1 fully saturated rings. The second-order valence-electron chi connectivity index (χ2n) is 4.56. The van der Waals surface area contributed by atoms with Crippen molar-refractivity contribution in [1.29, 1.82) is 5.26 Å². The highest BCUT2D eigenvalue weighted by Crippen LogP contribution is 2.25. The SMILES string of the molecule is C=CC[C@H](c1cccc(C#N)c1)N1CCNCC1.Cl.Cl. The van der Waals surface area contributed by atoms with Gasteiger partial charge in [0.05, 0.1) is 11.6 Å². The molecule has 1 aliphatic rings. The van der Waals surface area contributed by atoms with E-state index in [2.05, 4.69) is 28.9 Å². The average Bonchev–Trinajstić information content (AvgIpc) is 2.46. The zero-order valence-electron chi connectivity index (χ0n) is 11.4. The van der Waals surface area contributed by atoms with Crippen LogP contribution in [-0.4, -0.2) is 31.1 Å². The second kappa shape index (κ2) is 9.79. The Morgan fingerprint density at radius 2 is 2.05 bits per heavy atom. The smallest absolute Gasteiger partial charge is 0.0991 e. The summed E-state index contributed by atoms with van der Waals surface area (Å²) in [6.07, 6.45) is 2.89. The third kappa shape index (κ3) is 4.81. The van der Waals surface area contributed by atoms with Gasteiger partial charge < -0.3 is 5.32 Å². The van der Waals surface area contributed by atoms with Gasteiger partial charge >= 0.3 is 0 Å². The van der Waals surface area contributed by atoms with Gasteiger partial charge in [-0.3, -0.25) is 4.90 Å². The van der Waals surface area contributed by atoms with Gasteiger partial charge in [0.2, 0.25) is 0 Å². The van der Waals surface area contributed by atoms with Crippen molar-refractivity contribution in [3.63, 3.8) is 0 Å². The molecule has 1 saturated heterocycles. The molecule has 110 valence electrons. The fraction of sp³-hybridized carbons (Fsp3) is 0.400. The fourth-order valence-electron chi connectivity index (χ4n) is 2.46. The molecule has 0 unspecified atom stereocenters. The Bertz CT molecular complexity index is 451. The first-order valence-corrected chi connectivity index (χ1v) is 6.41. The first-order chi connectivity index (χ1) is 8.85. The summed E-state index contributed by atoms with van der Waals surface area (Å²) in [6.45, 7) is 8.02. The van der Waals surface area contributed by atoms with Crippen LogP contribution in [0, 0.1) is 11.3 Å². The first-order valence-electron chi connectivity index (χ1n) is 6.41. The van der Waals surface area contributed by atoms with Gasteiger partial charge in [0.25, 0.3) is 0 Å². The monoisotopic (exact) mass is 313 g/mol. The van der Waals surface area contributed by atoms with E-state index in [1.807, 2.05) is 24.3 Å². The van der Waals surface area contributed by atoms with Crippen molar-refractivity contribution < 1.29 is 0 Å². The molecule has 1 aromatic rings. The molecule has 0 spiro atoms. The lowest BCUT2D eigenvalue weighted by Gasteiger charge is -2.34. The minimum atomic E-state index is 0. The van der Waals surface area contributed by atoms with E-state index in [9.17, 15) is 0 Å². The molecule has 5 heteroatoms. The van der Waals surface area contributed by atoms with Gasteiger partial charge in [-0.2, -0.15) is 5.26 Å². The van der Waals surface area contributed by atoms with Gasteiger partial charge in [0, 0.05) is 32.2 Å². The topological polar surface area (TPSA) is 39.1 Å². The number of hydrogen-bond acceptors (Lipinski definition) is 3. The molecule has 0 bridgehead atoms. The molecule has 0 saturated carbocycles. The largest absolute Gasteiger partial charge is 0.314 e. The number of halogens is 2. The molecular formula is C15H21Cl2N3. The van der Waals surface area contributed by atoms with Crippen LogP contribution in [0.5, 0.6) is 0 Å². The van der Waals surface area contributed by atoms with Crippen LogP contribution in [-0.2, 0) is 0 Å². The number of hydrogen-bond donors (Lipinski definition) is 1. The van der Waals surface area contributed by atoms with Crippen LogP contribution in [0.25, 0.3) is 0 Å². The maximum atomic E-state index is 8.99. The summed E-state index contributed by atoms with van der Waals surface area (Å²) in [4.78, 5) is 2.47. The van der Waals surface area contributed by atoms with E-state index in [4.69, 9.17) is 5.26 Å². The Labute approximate surface area is 133 Å². The standard InChI is InChI=1S/C15H19N3.2ClH/c1-2-4-15(18-9-7-17-8-10-18)14-6-3-5-13(11-14)12-16;;/h2-3,5-6,11,15,17H,1,4,7-10H2;2*1H/t15-;;/m1../s1. The second-order valence-corrected chi connectivity index (χ2v) is 4.56. The maximum Gasteiger partial charge on any atom is 0.0991 e. The summed E-state index contributed by atoms with van der Waals surface area (Å²) in [5, 5.41) is 12.4. The number of piperazine rings is 1. The van der Waals surface area contributed by atoms with Crippen LogP contribution < -0.4 is 5.32 Å². The van der Waals surface area contributed by atoms with Crippen LogP contribution in [0.4, 0.5) is 0 Å². The minimum absolute atomic E-state index is 0. The van der Waals surface area contributed by atoms with Crippen LogP contribution >= 0.6 is 24.8 Å². The molecule has 1 aromatic carbocycles. The quantitative estimate of drug-likeness (QED) is 0.869. The molecule has 20 heavy (non-hydrogen) atoms. The lowest BCUT2D eigenvalue weighted by Crippen LogP contribution is -2.45. The van der Waals surface area contributed by atoms with Crippen molar-refractivity contribution >= 4 is 24.8 Å². The zero-order valence-corrected chi connectivity index (χ0v) is 13.1. The van der Waals surface area contributed by atoms with E-state index >= 15 is 0 Å². The summed E-state index contributed by atoms with van der Waals surface area (Å²) >= 11 is 0. The van der Waals surface area contributed by atoms with Gasteiger partial charge in [0.1, 0.15) is 0 Å². The summed E-state index contributed by atoms with van der Waals surface area (Å²) < 4.78 is 0. The van der Waals surface area contributed by atoms with Crippen LogP contribution in [0.1, 0.15) is 23.6 Å². The number of rotatable bonds is 4. The zero-order chi connectivity index (χ0) is 12.8. The molecule has 1 heterocycles. The molecule has 1 aliphatic heterocycles. The molecule has 1 N–H and O–H groups in total. The van der Waals surface area contributed by atoms with Gasteiger partial charge in [-0.05, 0) is 24.1 Å². The highest BCUT2D eigenvalue weighted by molar-refractivity contribution is 5.85.